The molecule has 35 heavy (non-hydrogen) atoms. The third-order valence-corrected chi connectivity index (χ3v) is 6.91. The summed E-state index contributed by atoms with van der Waals surface area (Å²) in [4.78, 5) is 41.1. The predicted molar refractivity (Wildman–Crippen MR) is 128 cm³/mol. The standard InChI is InChI=1S/C24H29N7O4/c1-24(34)8-10-30(13-18(24)31-15-28-20-21(25)26-14-27-22(20)31)23(33)16-4-6-17(7-5-16)35-12-11-29-9-2-3-19(29)32/h4-7,14-15,18,34H,2-3,8-13H2,1H3,(H2,25,26,27)/t18-,24-/m1/s1. The van der Waals surface area contributed by atoms with Crippen molar-refractivity contribution in [1.82, 2.24) is 29.3 Å². The van der Waals surface area contributed by atoms with Gasteiger partial charge in [-0.2, -0.15) is 0 Å². The van der Waals surface area contributed by atoms with Crippen LogP contribution >= 0.6 is 0 Å². The van der Waals surface area contributed by atoms with Gasteiger partial charge in [-0.25, -0.2) is 15.0 Å². The van der Waals surface area contributed by atoms with Gasteiger partial charge in [-0.3, -0.25) is 9.59 Å². The molecule has 2 saturated heterocycles. The number of nitrogens with two attached hydrogens (primary N) is 1. The van der Waals surface area contributed by atoms with Crippen molar-refractivity contribution in [3.63, 3.8) is 0 Å². The minimum Gasteiger partial charge on any atom is -0.492 e. The van der Waals surface area contributed by atoms with E-state index in [-0.39, 0.29) is 17.6 Å². The lowest BCUT2D eigenvalue weighted by Crippen LogP contribution is -2.52. The molecule has 2 fully saturated rings. The van der Waals surface area contributed by atoms with Gasteiger partial charge in [0.25, 0.3) is 5.91 Å². The fourth-order valence-electron chi connectivity index (χ4n) is 4.79. The smallest absolute Gasteiger partial charge is 0.253 e. The molecule has 2 atom stereocenters. The number of piperidine rings is 1. The first-order valence-corrected chi connectivity index (χ1v) is 11.8. The summed E-state index contributed by atoms with van der Waals surface area (Å²) in [7, 11) is 0. The Hall–Kier alpha value is -3.73. The largest absolute Gasteiger partial charge is 0.492 e. The Morgan fingerprint density at radius 2 is 2.03 bits per heavy atom. The molecule has 1 aromatic carbocycles. The van der Waals surface area contributed by atoms with Gasteiger partial charge in [-0.15, -0.1) is 0 Å². The third-order valence-electron chi connectivity index (χ3n) is 6.91. The van der Waals surface area contributed by atoms with Crippen LogP contribution in [0.5, 0.6) is 5.75 Å². The molecule has 11 nitrogen and oxygen atoms in total. The van der Waals surface area contributed by atoms with Crippen molar-refractivity contribution in [2.75, 3.05) is 38.5 Å². The van der Waals surface area contributed by atoms with Crippen molar-refractivity contribution in [1.29, 1.82) is 0 Å². The van der Waals surface area contributed by atoms with E-state index in [0.29, 0.717) is 61.6 Å². The molecule has 2 aliphatic heterocycles. The highest BCUT2D eigenvalue weighted by Gasteiger charge is 2.41. The molecule has 4 heterocycles. The Balaban J connectivity index is 1.26. The van der Waals surface area contributed by atoms with E-state index in [2.05, 4.69) is 15.0 Å². The topological polar surface area (TPSA) is 140 Å². The molecule has 3 aromatic rings. The molecule has 0 bridgehead atoms. The van der Waals surface area contributed by atoms with Crippen LogP contribution in [0.3, 0.4) is 0 Å². The van der Waals surface area contributed by atoms with E-state index in [1.807, 2.05) is 4.90 Å². The number of nitrogen functional groups attached to an aromatic ring is 1. The summed E-state index contributed by atoms with van der Waals surface area (Å²) in [5, 5.41) is 11.1. The first kappa shape index (κ1) is 23.0. The fourth-order valence-corrected chi connectivity index (χ4v) is 4.79. The molecule has 5 rings (SSSR count). The Bertz CT molecular complexity index is 1240. The van der Waals surface area contributed by atoms with E-state index >= 15 is 0 Å². The maximum Gasteiger partial charge on any atom is 0.253 e. The molecule has 11 heteroatoms. The molecule has 2 aromatic heterocycles. The predicted octanol–water partition coefficient (Wildman–Crippen LogP) is 1.25. The SMILES string of the molecule is C[C@@]1(O)CCN(C(=O)c2ccc(OCCN3CCCC3=O)cc2)C[C@H]1n1cnc2c(N)ncnc21. The second kappa shape index (κ2) is 9.14. The minimum atomic E-state index is -1.06. The highest BCUT2D eigenvalue weighted by Crippen LogP contribution is 2.34. The Labute approximate surface area is 202 Å². The number of aromatic nitrogens is 4. The maximum absolute atomic E-state index is 13.3. The second-order valence-electron chi connectivity index (χ2n) is 9.31. The van der Waals surface area contributed by atoms with E-state index in [4.69, 9.17) is 10.5 Å². The maximum atomic E-state index is 13.3. The first-order chi connectivity index (χ1) is 16.8. The van der Waals surface area contributed by atoms with Crippen LogP contribution in [0.1, 0.15) is 42.6 Å². The van der Waals surface area contributed by atoms with Gasteiger partial charge in [-0.1, -0.05) is 0 Å². The van der Waals surface area contributed by atoms with Crippen LogP contribution in [-0.4, -0.2) is 84.6 Å². The molecule has 0 radical (unpaired) electrons. The summed E-state index contributed by atoms with van der Waals surface area (Å²) >= 11 is 0. The van der Waals surface area contributed by atoms with Crippen molar-refractivity contribution < 1.29 is 19.4 Å². The van der Waals surface area contributed by atoms with E-state index in [1.54, 1.807) is 47.0 Å². The molecule has 0 spiro atoms. The van der Waals surface area contributed by atoms with Gasteiger partial charge >= 0.3 is 0 Å². The number of amides is 2. The summed E-state index contributed by atoms with van der Waals surface area (Å²) in [6.07, 6.45) is 4.87. The molecule has 0 saturated carbocycles. The molecule has 2 amide bonds. The Morgan fingerprint density at radius 3 is 2.77 bits per heavy atom. The average molecular weight is 480 g/mol. The van der Waals surface area contributed by atoms with Gasteiger partial charge in [0.2, 0.25) is 5.91 Å². The van der Waals surface area contributed by atoms with Gasteiger partial charge in [0.15, 0.2) is 11.5 Å². The number of benzene rings is 1. The molecule has 2 aliphatic rings. The minimum absolute atomic E-state index is 0.127. The lowest BCUT2D eigenvalue weighted by molar-refractivity contribution is -0.128. The van der Waals surface area contributed by atoms with Crippen LogP contribution in [-0.2, 0) is 4.79 Å². The fraction of sp³-hybridized carbons (Fsp3) is 0.458. The third kappa shape index (κ3) is 4.51. The molecular formula is C24H29N7O4. The van der Waals surface area contributed by atoms with Gasteiger partial charge in [0.1, 0.15) is 24.2 Å². The lowest BCUT2D eigenvalue weighted by Gasteiger charge is -2.43. The highest BCUT2D eigenvalue weighted by atomic mass is 16.5. The van der Waals surface area contributed by atoms with E-state index < -0.39 is 11.6 Å². The number of likely N-dealkylation sites (tertiary alicyclic amines) is 2. The number of ether oxygens (including phenoxy) is 1. The first-order valence-electron chi connectivity index (χ1n) is 11.8. The number of aliphatic hydroxyl groups is 1. The van der Waals surface area contributed by atoms with Gasteiger partial charge < -0.3 is 29.9 Å². The summed E-state index contributed by atoms with van der Waals surface area (Å²) in [5.41, 5.74) is 6.39. The van der Waals surface area contributed by atoms with E-state index in [1.165, 1.54) is 6.33 Å². The number of hydrogen-bond donors (Lipinski definition) is 2. The number of carbonyl (C=O) groups excluding carboxylic acids is 2. The van der Waals surface area contributed by atoms with E-state index in [9.17, 15) is 14.7 Å². The van der Waals surface area contributed by atoms with Crippen LogP contribution in [0.4, 0.5) is 5.82 Å². The molecule has 3 N–H and O–H groups in total. The van der Waals surface area contributed by atoms with Crippen molar-refractivity contribution >= 4 is 28.8 Å². The van der Waals surface area contributed by atoms with Crippen molar-refractivity contribution in [3.05, 3.63) is 42.5 Å². The quantitative estimate of drug-likeness (QED) is 0.538. The number of anilines is 1. The van der Waals surface area contributed by atoms with Crippen LogP contribution in [0, 0.1) is 0 Å². The zero-order valence-electron chi connectivity index (χ0n) is 19.6. The number of carbonyl (C=O) groups is 2. The van der Waals surface area contributed by atoms with E-state index in [0.717, 1.165) is 13.0 Å². The molecular weight excluding hydrogens is 450 g/mol. The Kier molecular flexibility index (Phi) is 6.01. The monoisotopic (exact) mass is 479 g/mol. The van der Waals surface area contributed by atoms with Crippen LogP contribution < -0.4 is 10.5 Å². The second-order valence-corrected chi connectivity index (χ2v) is 9.31. The summed E-state index contributed by atoms with van der Waals surface area (Å²) in [5.74, 6) is 0.965. The highest BCUT2D eigenvalue weighted by molar-refractivity contribution is 5.94. The lowest BCUT2D eigenvalue weighted by atomic mass is 9.88. The zero-order chi connectivity index (χ0) is 24.6. The van der Waals surface area contributed by atoms with Crippen molar-refractivity contribution in [3.8, 4) is 5.75 Å². The van der Waals surface area contributed by atoms with Gasteiger partial charge in [0.05, 0.1) is 24.5 Å². The number of nitrogens with zero attached hydrogens (tertiary/aromatic N) is 6. The van der Waals surface area contributed by atoms with Gasteiger partial charge in [0, 0.05) is 31.6 Å². The van der Waals surface area contributed by atoms with Gasteiger partial charge in [-0.05, 0) is 44.0 Å². The molecule has 0 aliphatic carbocycles. The summed E-state index contributed by atoms with van der Waals surface area (Å²) in [6.45, 7) is 4.24. The van der Waals surface area contributed by atoms with Crippen molar-refractivity contribution in [2.45, 2.75) is 37.8 Å². The molecule has 184 valence electrons. The average Bonchev–Trinajstić information content (AvgIpc) is 3.46. The van der Waals surface area contributed by atoms with Crippen LogP contribution in [0.25, 0.3) is 11.2 Å². The summed E-state index contributed by atoms with van der Waals surface area (Å²) in [6, 6.07) is 6.55. The molecule has 0 unspecified atom stereocenters. The number of fused-ring (bicyclic) bond motifs is 1. The number of imidazole rings is 1. The van der Waals surface area contributed by atoms with Crippen LogP contribution in [0.2, 0.25) is 0 Å². The van der Waals surface area contributed by atoms with Crippen molar-refractivity contribution in [2.24, 2.45) is 0 Å². The number of hydrogen-bond acceptors (Lipinski definition) is 8. The van der Waals surface area contributed by atoms with Crippen LogP contribution in [0.15, 0.2) is 36.9 Å². The number of rotatable bonds is 6. The normalized spacial score (nSPS) is 22.7. The zero-order valence-corrected chi connectivity index (χ0v) is 19.6. The summed E-state index contributed by atoms with van der Waals surface area (Å²) < 4.78 is 7.53. The Morgan fingerprint density at radius 1 is 1.23 bits per heavy atom.